The van der Waals surface area contributed by atoms with Gasteiger partial charge in [-0.3, -0.25) is 4.79 Å². The van der Waals surface area contributed by atoms with E-state index in [1.54, 1.807) is 4.90 Å². The molecule has 0 radical (unpaired) electrons. The number of hydrogen-bond acceptors (Lipinski definition) is 3. The van der Waals surface area contributed by atoms with E-state index in [0.717, 1.165) is 26.3 Å². The summed E-state index contributed by atoms with van der Waals surface area (Å²) in [6.45, 7) is 1.56. The van der Waals surface area contributed by atoms with Crippen LogP contribution < -0.4 is 9.21 Å². The van der Waals surface area contributed by atoms with Crippen molar-refractivity contribution < 1.29 is 17.6 Å². The van der Waals surface area contributed by atoms with E-state index in [2.05, 4.69) is 0 Å². The lowest BCUT2D eigenvalue weighted by Gasteiger charge is -2.30. The number of fused-ring (bicyclic) bond motifs is 1. The monoisotopic (exact) mass is 391 g/mol. The Morgan fingerprint density at radius 2 is 1.78 bits per heavy atom. The van der Waals surface area contributed by atoms with Crippen LogP contribution in [0.4, 0.5) is 15.8 Å². The van der Waals surface area contributed by atoms with Gasteiger partial charge in [0.15, 0.2) is 0 Å². The van der Waals surface area contributed by atoms with Crippen molar-refractivity contribution in [3.8, 4) is 0 Å². The number of halogens is 1. The van der Waals surface area contributed by atoms with Crippen molar-refractivity contribution in [2.24, 2.45) is 0 Å². The number of amides is 1. The minimum atomic E-state index is -3.93. The zero-order valence-corrected chi connectivity index (χ0v) is 16.3. The van der Waals surface area contributed by atoms with Gasteiger partial charge in [-0.25, -0.2) is 8.70 Å². The second-order valence-corrected chi connectivity index (χ2v) is 8.79. The fraction of sp³-hybridized carbons (Fsp3) is 0.316. The maximum absolute atomic E-state index is 13.3. The molecule has 0 spiro atoms. The smallest absolute Gasteiger partial charge is 0.304 e. The topological polar surface area (TPSA) is 60.9 Å². The molecule has 144 valence electrons. The molecule has 2 aromatic rings. The molecule has 6 nitrogen and oxygen atoms in total. The standard InChI is InChI=1S/C19H22FN3O3S/c1-14-12-15-6-4-5-7-18(15)23(14)19(24)13-22(27(25,26)21(2)3)17-10-8-16(20)9-11-17/h4-11,14H,12-13H2,1-3H3/t14-/m1/s1. The lowest BCUT2D eigenvalue weighted by atomic mass is 10.1. The van der Waals surface area contributed by atoms with Crippen LogP contribution in [0, 0.1) is 5.82 Å². The van der Waals surface area contributed by atoms with Crippen LogP contribution in [-0.4, -0.2) is 45.3 Å². The van der Waals surface area contributed by atoms with Crippen molar-refractivity contribution in [1.29, 1.82) is 0 Å². The Morgan fingerprint density at radius 1 is 1.15 bits per heavy atom. The normalized spacial score (nSPS) is 16.5. The molecule has 3 rings (SSSR count). The van der Waals surface area contributed by atoms with Crippen LogP contribution in [0.15, 0.2) is 48.5 Å². The number of hydrogen-bond donors (Lipinski definition) is 0. The fourth-order valence-corrected chi connectivity index (χ4v) is 4.31. The van der Waals surface area contributed by atoms with Crippen LogP contribution in [0.1, 0.15) is 12.5 Å². The van der Waals surface area contributed by atoms with Gasteiger partial charge in [-0.2, -0.15) is 12.7 Å². The zero-order chi connectivity index (χ0) is 19.8. The van der Waals surface area contributed by atoms with E-state index in [1.165, 1.54) is 38.4 Å². The van der Waals surface area contributed by atoms with Crippen molar-refractivity contribution in [2.45, 2.75) is 19.4 Å². The van der Waals surface area contributed by atoms with E-state index in [1.807, 2.05) is 31.2 Å². The van der Waals surface area contributed by atoms with E-state index >= 15 is 0 Å². The highest BCUT2D eigenvalue weighted by Crippen LogP contribution is 2.32. The average molecular weight is 391 g/mol. The molecule has 0 N–H and O–H groups in total. The van der Waals surface area contributed by atoms with Gasteiger partial charge in [-0.05, 0) is 49.2 Å². The Bertz CT molecular complexity index is 945. The largest absolute Gasteiger partial charge is 0.307 e. The third-order valence-electron chi connectivity index (χ3n) is 4.61. The third kappa shape index (κ3) is 3.68. The predicted octanol–water partition coefficient (Wildman–Crippen LogP) is 2.42. The molecule has 2 aromatic carbocycles. The molecule has 0 unspecified atom stereocenters. The SMILES string of the molecule is C[C@@H]1Cc2ccccc2N1C(=O)CN(c1ccc(F)cc1)S(=O)(=O)N(C)C. The van der Waals surface area contributed by atoms with E-state index < -0.39 is 16.0 Å². The Labute approximate surface area is 159 Å². The maximum Gasteiger partial charge on any atom is 0.304 e. The Balaban J connectivity index is 1.95. The molecule has 0 bridgehead atoms. The Morgan fingerprint density at radius 3 is 2.41 bits per heavy atom. The maximum atomic E-state index is 13.3. The Hall–Kier alpha value is -2.45. The summed E-state index contributed by atoms with van der Waals surface area (Å²) in [7, 11) is -1.14. The molecule has 8 heteroatoms. The number of nitrogens with zero attached hydrogens (tertiary/aromatic N) is 3. The van der Waals surface area contributed by atoms with Crippen LogP contribution in [0.2, 0.25) is 0 Å². The van der Waals surface area contributed by atoms with Crippen molar-refractivity contribution in [2.75, 3.05) is 29.8 Å². The summed E-state index contributed by atoms with van der Waals surface area (Å²) in [6.07, 6.45) is 0.721. The van der Waals surface area contributed by atoms with Gasteiger partial charge >= 0.3 is 10.2 Å². The van der Waals surface area contributed by atoms with Crippen LogP contribution >= 0.6 is 0 Å². The number of anilines is 2. The van der Waals surface area contributed by atoms with Gasteiger partial charge in [-0.1, -0.05) is 18.2 Å². The molecule has 0 saturated carbocycles. The first-order valence-electron chi connectivity index (χ1n) is 8.57. The van der Waals surface area contributed by atoms with Gasteiger partial charge in [0.25, 0.3) is 0 Å². The number of para-hydroxylation sites is 1. The molecule has 1 aliphatic rings. The van der Waals surface area contributed by atoms with Gasteiger partial charge in [-0.15, -0.1) is 0 Å². The summed E-state index contributed by atoms with van der Waals surface area (Å²) in [5.74, 6) is -0.809. The first kappa shape index (κ1) is 19.3. The van der Waals surface area contributed by atoms with Crippen LogP contribution in [0.5, 0.6) is 0 Å². The van der Waals surface area contributed by atoms with Gasteiger partial charge < -0.3 is 4.90 Å². The molecule has 1 amide bonds. The lowest BCUT2D eigenvalue weighted by molar-refractivity contribution is -0.117. The number of benzene rings is 2. The predicted molar refractivity (Wildman–Crippen MR) is 103 cm³/mol. The summed E-state index contributed by atoms with van der Waals surface area (Å²) >= 11 is 0. The molecule has 0 aromatic heterocycles. The average Bonchev–Trinajstić information content (AvgIpc) is 2.96. The molecule has 1 heterocycles. The van der Waals surface area contributed by atoms with Crippen LogP contribution in [0.25, 0.3) is 0 Å². The van der Waals surface area contributed by atoms with Crippen molar-refractivity contribution in [3.05, 3.63) is 59.9 Å². The summed E-state index contributed by atoms with van der Waals surface area (Å²) < 4.78 is 40.9. The Kier molecular flexibility index (Phi) is 5.21. The highest BCUT2D eigenvalue weighted by atomic mass is 32.2. The van der Waals surface area contributed by atoms with E-state index in [0.29, 0.717) is 0 Å². The number of carbonyl (C=O) groups is 1. The first-order chi connectivity index (χ1) is 12.7. The van der Waals surface area contributed by atoms with E-state index in [-0.39, 0.29) is 24.2 Å². The second kappa shape index (κ2) is 7.28. The van der Waals surface area contributed by atoms with Crippen molar-refractivity contribution in [3.63, 3.8) is 0 Å². The number of rotatable bonds is 5. The summed E-state index contributed by atoms with van der Waals surface area (Å²) in [6, 6.07) is 12.6. The van der Waals surface area contributed by atoms with Crippen LogP contribution in [0.3, 0.4) is 0 Å². The van der Waals surface area contributed by atoms with Gasteiger partial charge in [0, 0.05) is 25.8 Å². The molecule has 0 fully saturated rings. The summed E-state index contributed by atoms with van der Waals surface area (Å²) in [4.78, 5) is 14.7. The third-order valence-corrected chi connectivity index (χ3v) is 6.43. The van der Waals surface area contributed by atoms with Crippen molar-refractivity contribution in [1.82, 2.24) is 4.31 Å². The molecule has 27 heavy (non-hydrogen) atoms. The van der Waals surface area contributed by atoms with Crippen molar-refractivity contribution >= 4 is 27.5 Å². The lowest BCUT2D eigenvalue weighted by Crippen LogP contribution is -2.48. The van der Waals surface area contributed by atoms with Gasteiger partial charge in [0.05, 0.1) is 5.69 Å². The minimum Gasteiger partial charge on any atom is -0.307 e. The fourth-order valence-electron chi connectivity index (χ4n) is 3.26. The molecule has 1 aliphatic heterocycles. The molecular weight excluding hydrogens is 369 g/mol. The quantitative estimate of drug-likeness (QED) is 0.786. The van der Waals surface area contributed by atoms with Crippen LogP contribution in [-0.2, 0) is 21.4 Å². The zero-order valence-electron chi connectivity index (χ0n) is 15.5. The van der Waals surface area contributed by atoms with Gasteiger partial charge in [0.1, 0.15) is 12.4 Å². The molecular formula is C19H22FN3O3S. The summed E-state index contributed by atoms with van der Waals surface area (Å²) in [5.41, 5.74) is 2.09. The van der Waals surface area contributed by atoms with E-state index in [4.69, 9.17) is 0 Å². The number of carbonyl (C=O) groups excluding carboxylic acids is 1. The minimum absolute atomic E-state index is 0.0629. The summed E-state index contributed by atoms with van der Waals surface area (Å²) in [5, 5.41) is 0. The van der Waals surface area contributed by atoms with E-state index in [9.17, 15) is 17.6 Å². The first-order valence-corrected chi connectivity index (χ1v) is 9.97. The second-order valence-electron chi connectivity index (χ2n) is 6.72. The molecule has 0 aliphatic carbocycles. The highest BCUT2D eigenvalue weighted by Gasteiger charge is 2.34. The molecule has 1 atom stereocenters. The highest BCUT2D eigenvalue weighted by molar-refractivity contribution is 7.90. The molecule has 0 saturated heterocycles. The van der Waals surface area contributed by atoms with Gasteiger partial charge in [0.2, 0.25) is 5.91 Å².